The molecule has 1 fully saturated rings. The van der Waals surface area contributed by atoms with Crippen molar-refractivity contribution in [3.05, 3.63) is 42.5 Å². The van der Waals surface area contributed by atoms with Crippen LogP contribution in [0.4, 0.5) is 10.9 Å². The molecule has 1 aliphatic rings. The lowest BCUT2D eigenvalue weighted by Gasteiger charge is -2.25. The molecule has 1 amide bonds. The van der Waals surface area contributed by atoms with Crippen LogP contribution < -0.4 is 10.2 Å². The summed E-state index contributed by atoms with van der Waals surface area (Å²) in [5.41, 5.74) is 1.73. The molecule has 4 aromatic heterocycles. The number of fused-ring (bicyclic) bond motifs is 1. The number of nitrogens with one attached hydrogen (secondary N) is 1. The number of thiazole rings is 1. The van der Waals surface area contributed by atoms with Gasteiger partial charge < -0.3 is 19.5 Å². The van der Waals surface area contributed by atoms with Crippen LogP contribution in [0.5, 0.6) is 0 Å². The Hall–Kier alpha value is -3.44. The molecule has 5 heterocycles. The van der Waals surface area contributed by atoms with Gasteiger partial charge in [-0.05, 0) is 32.0 Å². The fraction of sp³-hybridized carbons (Fsp3) is 0.333. The van der Waals surface area contributed by atoms with E-state index in [0.717, 1.165) is 28.4 Å². The first-order valence-corrected chi connectivity index (χ1v) is 11.2. The lowest BCUT2D eigenvalue weighted by molar-refractivity contribution is 0.102. The predicted molar refractivity (Wildman–Crippen MR) is 122 cm³/mol. The maximum absolute atomic E-state index is 12.8. The number of ether oxygens (including phenoxy) is 1. The fourth-order valence-electron chi connectivity index (χ4n) is 3.45. The van der Waals surface area contributed by atoms with E-state index in [1.165, 1.54) is 0 Å². The maximum atomic E-state index is 12.8. The number of anilines is 2. The summed E-state index contributed by atoms with van der Waals surface area (Å²) >= 11 is 1.55. The minimum absolute atomic E-state index is 0.192. The van der Waals surface area contributed by atoms with E-state index in [9.17, 15) is 4.79 Å². The van der Waals surface area contributed by atoms with E-state index in [-0.39, 0.29) is 11.9 Å². The average molecular weight is 451 g/mol. The molecule has 0 aromatic carbocycles. The highest BCUT2D eigenvalue weighted by Gasteiger charge is 2.18. The number of pyridine rings is 2. The van der Waals surface area contributed by atoms with Crippen LogP contribution in [0.15, 0.2) is 36.8 Å². The van der Waals surface area contributed by atoms with E-state index in [1.807, 2.05) is 30.5 Å². The smallest absolute Gasteiger partial charge is 0.275 e. The summed E-state index contributed by atoms with van der Waals surface area (Å²) in [5, 5.41) is 11.9. The summed E-state index contributed by atoms with van der Waals surface area (Å²) in [4.78, 5) is 28.5. The highest BCUT2D eigenvalue weighted by molar-refractivity contribution is 7.22. The summed E-state index contributed by atoms with van der Waals surface area (Å²) in [6.45, 7) is 7.11. The average Bonchev–Trinajstić information content (AvgIpc) is 3.47. The monoisotopic (exact) mass is 450 g/mol. The van der Waals surface area contributed by atoms with E-state index >= 15 is 0 Å². The van der Waals surface area contributed by atoms with E-state index in [1.54, 1.807) is 36.0 Å². The summed E-state index contributed by atoms with van der Waals surface area (Å²) in [5.74, 6) is 0.741. The summed E-state index contributed by atoms with van der Waals surface area (Å²) in [6, 6.07) is 7.36. The molecule has 0 saturated carbocycles. The second-order valence-corrected chi connectivity index (χ2v) is 8.66. The fourth-order valence-corrected chi connectivity index (χ4v) is 4.47. The lowest BCUT2D eigenvalue weighted by atomic mass is 10.3. The molecule has 11 heteroatoms. The highest BCUT2D eigenvalue weighted by atomic mass is 32.1. The zero-order chi connectivity index (χ0) is 22.1. The number of amides is 1. The van der Waals surface area contributed by atoms with Gasteiger partial charge in [-0.2, -0.15) is 0 Å². The van der Waals surface area contributed by atoms with Crippen LogP contribution in [0, 0.1) is 0 Å². The number of carbonyl (C=O) groups excluding carboxylic acids is 1. The first-order valence-electron chi connectivity index (χ1n) is 10.4. The number of rotatable bonds is 5. The van der Waals surface area contributed by atoms with Gasteiger partial charge in [0.15, 0.2) is 11.0 Å². The molecule has 0 aliphatic carbocycles. The summed E-state index contributed by atoms with van der Waals surface area (Å²) in [6.07, 6.45) is 3.31. The minimum Gasteiger partial charge on any atom is -0.378 e. The van der Waals surface area contributed by atoms with E-state index < -0.39 is 0 Å². The van der Waals surface area contributed by atoms with Crippen molar-refractivity contribution in [2.24, 2.45) is 0 Å². The Bertz CT molecular complexity index is 1260. The molecule has 164 valence electrons. The SMILES string of the molecule is CC(C)n1cnnc1-c1cccc(NC(=O)c2cc3sc(N4CCOCC4)nc3cn2)n1. The number of morpholine rings is 1. The molecule has 0 spiro atoms. The molecular formula is C21H22N8O2S. The zero-order valence-electron chi connectivity index (χ0n) is 17.7. The molecule has 0 unspecified atom stereocenters. The third-order valence-corrected chi connectivity index (χ3v) is 6.21. The molecule has 1 N–H and O–H groups in total. The third kappa shape index (κ3) is 4.04. The van der Waals surface area contributed by atoms with Crippen molar-refractivity contribution in [2.75, 3.05) is 36.5 Å². The number of hydrogen-bond acceptors (Lipinski definition) is 9. The normalized spacial score (nSPS) is 14.3. The highest BCUT2D eigenvalue weighted by Crippen LogP contribution is 2.29. The quantitative estimate of drug-likeness (QED) is 0.494. The van der Waals surface area contributed by atoms with Gasteiger partial charge in [0, 0.05) is 19.1 Å². The Balaban J connectivity index is 1.36. The van der Waals surface area contributed by atoms with Crippen molar-refractivity contribution in [3.8, 4) is 11.5 Å². The number of nitrogens with zero attached hydrogens (tertiary/aromatic N) is 7. The van der Waals surface area contributed by atoms with Gasteiger partial charge >= 0.3 is 0 Å². The van der Waals surface area contributed by atoms with Crippen LogP contribution in [0.25, 0.3) is 21.7 Å². The standard InChI is InChI=1S/C21H22N8O2S/c1-13(2)29-12-23-27-19(29)14-4-3-5-18(24-14)26-20(30)15-10-17-16(11-22-15)25-21(32-17)28-6-8-31-9-7-28/h3-5,10-13H,6-9H2,1-2H3,(H,24,26,30). The van der Waals surface area contributed by atoms with Gasteiger partial charge in [0.1, 0.15) is 29.0 Å². The number of carbonyl (C=O) groups is 1. The Morgan fingerprint density at radius 3 is 2.88 bits per heavy atom. The first-order chi connectivity index (χ1) is 15.6. The predicted octanol–water partition coefficient (Wildman–Crippen LogP) is 3.01. The van der Waals surface area contributed by atoms with Crippen molar-refractivity contribution in [1.29, 1.82) is 0 Å². The molecule has 0 radical (unpaired) electrons. The maximum Gasteiger partial charge on any atom is 0.275 e. The number of hydrogen-bond donors (Lipinski definition) is 1. The van der Waals surface area contributed by atoms with Gasteiger partial charge in [0.2, 0.25) is 0 Å². The van der Waals surface area contributed by atoms with Crippen LogP contribution in [-0.4, -0.2) is 61.9 Å². The van der Waals surface area contributed by atoms with Crippen LogP contribution in [0.1, 0.15) is 30.4 Å². The molecule has 4 aromatic rings. The Labute approximate surface area is 188 Å². The van der Waals surface area contributed by atoms with Crippen molar-refractivity contribution < 1.29 is 9.53 Å². The lowest BCUT2D eigenvalue weighted by Crippen LogP contribution is -2.36. The second kappa shape index (κ2) is 8.60. The zero-order valence-corrected chi connectivity index (χ0v) is 18.5. The Kier molecular flexibility index (Phi) is 5.50. The van der Waals surface area contributed by atoms with Crippen molar-refractivity contribution in [3.63, 3.8) is 0 Å². The van der Waals surface area contributed by atoms with Crippen molar-refractivity contribution in [1.82, 2.24) is 29.7 Å². The molecule has 1 aliphatic heterocycles. The molecule has 1 saturated heterocycles. The third-order valence-electron chi connectivity index (χ3n) is 5.13. The molecule has 5 rings (SSSR count). The molecule has 32 heavy (non-hydrogen) atoms. The van der Waals surface area contributed by atoms with Gasteiger partial charge in [0.05, 0.1) is 24.1 Å². The molecule has 0 atom stereocenters. The van der Waals surface area contributed by atoms with Crippen molar-refractivity contribution >= 4 is 38.4 Å². The summed E-state index contributed by atoms with van der Waals surface area (Å²) < 4.78 is 8.25. The van der Waals surface area contributed by atoms with E-state index in [0.29, 0.717) is 36.2 Å². The summed E-state index contributed by atoms with van der Waals surface area (Å²) in [7, 11) is 0. The van der Waals surface area contributed by atoms with Gasteiger partial charge in [-0.25, -0.2) is 15.0 Å². The molecule has 10 nitrogen and oxygen atoms in total. The van der Waals surface area contributed by atoms with Crippen LogP contribution in [-0.2, 0) is 4.74 Å². The topological polar surface area (TPSA) is 111 Å². The second-order valence-electron chi connectivity index (χ2n) is 7.65. The van der Waals surface area contributed by atoms with Crippen LogP contribution >= 0.6 is 11.3 Å². The minimum atomic E-state index is -0.330. The molecule has 0 bridgehead atoms. The van der Waals surface area contributed by atoms with Crippen LogP contribution in [0.3, 0.4) is 0 Å². The van der Waals surface area contributed by atoms with E-state index in [4.69, 9.17) is 4.74 Å². The van der Waals surface area contributed by atoms with Gasteiger partial charge in [0.25, 0.3) is 5.91 Å². The largest absolute Gasteiger partial charge is 0.378 e. The molecular weight excluding hydrogens is 428 g/mol. The van der Waals surface area contributed by atoms with E-state index in [2.05, 4.69) is 35.4 Å². The van der Waals surface area contributed by atoms with Gasteiger partial charge in [-0.3, -0.25) is 4.79 Å². The van der Waals surface area contributed by atoms with Crippen molar-refractivity contribution in [2.45, 2.75) is 19.9 Å². The number of aromatic nitrogens is 6. The van der Waals surface area contributed by atoms with Gasteiger partial charge in [-0.15, -0.1) is 10.2 Å². The van der Waals surface area contributed by atoms with Crippen LogP contribution in [0.2, 0.25) is 0 Å². The first kappa shape index (κ1) is 20.5. The Morgan fingerprint density at radius 1 is 1.22 bits per heavy atom. The Morgan fingerprint density at radius 2 is 2.06 bits per heavy atom. The van der Waals surface area contributed by atoms with Gasteiger partial charge in [-0.1, -0.05) is 17.4 Å².